The van der Waals surface area contributed by atoms with Crippen LogP contribution in [0.5, 0.6) is 11.5 Å². The third kappa shape index (κ3) is 3.43. The highest BCUT2D eigenvalue weighted by Crippen LogP contribution is 2.35. The van der Waals surface area contributed by atoms with Gasteiger partial charge in [-0.1, -0.05) is 18.2 Å². The highest BCUT2D eigenvalue weighted by molar-refractivity contribution is 5.97. The summed E-state index contributed by atoms with van der Waals surface area (Å²) < 4.78 is 5.26. The molecule has 0 radical (unpaired) electrons. The van der Waals surface area contributed by atoms with Gasteiger partial charge in [0.05, 0.1) is 23.8 Å². The lowest BCUT2D eigenvalue weighted by Gasteiger charge is -2.34. The SMILES string of the molecule is COc1cc(-c2ccc3c(-c4nc5c(N6CCN(C)CC6)cccc5[nH]4)n[nH]c3c2)ccc1O. The van der Waals surface area contributed by atoms with Gasteiger partial charge in [0.15, 0.2) is 17.3 Å². The number of phenols is 1. The van der Waals surface area contributed by atoms with Gasteiger partial charge in [-0.05, 0) is 54.6 Å². The Morgan fingerprint density at radius 2 is 1.74 bits per heavy atom. The third-order valence-corrected chi connectivity index (χ3v) is 6.64. The van der Waals surface area contributed by atoms with Crippen LogP contribution < -0.4 is 9.64 Å². The van der Waals surface area contributed by atoms with Crippen molar-refractivity contribution in [3.63, 3.8) is 0 Å². The number of piperazine rings is 1. The number of rotatable bonds is 4. The number of hydrogen-bond acceptors (Lipinski definition) is 6. The molecule has 8 heteroatoms. The van der Waals surface area contributed by atoms with Gasteiger partial charge in [-0.2, -0.15) is 5.10 Å². The maximum atomic E-state index is 9.90. The van der Waals surface area contributed by atoms with E-state index in [-0.39, 0.29) is 5.75 Å². The number of nitrogens with one attached hydrogen (secondary N) is 2. The summed E-state index contributed by atoms with van der Waals surface area (Å²) in [7, 11) is 3.71. The highest BCUT2D eigenvalue weighted by Gasteiger charge is 2.20. The van der Waals surface area contributed by atoms with Crippen molar-refractivity contribution in [2.75, 3.05) is 45.2 Å². The molecule has 1 fully saturated rings. The molecule has 0 spiro atoms. The fourth-order valence-electron chi connectivity index (χ4n) is 4.67. The Kier molecular flexibility index (Phi) is 4.88. The molecule has 8 nitrogen and oxygen atoms in total. The largest absolute Gasteiger partial charge is 0.504 e. The molecule has 0 bridgehead atoms. The standard InChI is InChI=1S/C26H26N6O2/c1-31-10-12-32(13-11-31)21-5-3-4-19-25(21)28-26(27-19)24-18-8-6-16(14-20(18)29-30-24)17-7-9-22(33)23(15-17)34-2/h3-9,14-15,33H,10-13H2,1-2H3,(H,27,28)(H,29,30). The van der Waals surface area contributed by atoms with Crippen molar-refractivity contribution >= 4 is 27.6 Å². The van der Waals surface area contributed by atoms with E-state index < -0.39 is 0 Å². The summed E-state index contributed by atoms with van der Waals surface area (Å²) in [6, 6.07) is 17.8. The van der Waals surface area contributed by atoms with Gasteiger partial charge in [-0.25, -0.2) is 4.98 Å². The van der Waals surface area contributed by atoms with Crippen molar-refractivity contribution < 1.29 is 9.84 Å². The molecular formula is C26H26N6O2. The van der Waals surface area contributed by atoms with Crippen LogP contribution in [0.4, 0.5) is 5.69 Å². The van der Waals surface area contributed by atoms with E-state index in [9.17, 15) is 5.11 Å². The molecule has 3 aromatic carbocycles. The number of likely N-dealkylation sites (N-methyl/N-ethyl adjacent to an activating group) is 1. The van der Waals surface area contributed by atoms with Crippen LogP contribution >= 0.6 is 0 Å². The first-order valence-electron chi connectivity index (χ1n) is 11.4. The number of para-hydroxylation sites is 1. The topological polar surface area (TPSA) is 93.3 Å². The monoisotopic (exact) mass is 454 g/mol. The summed E-state index contributed by atoms with van der Waals surface area (Å²) in [5.41, 5.74) is 6.82. The molecule has 1 aliphatic heterocycles. The van der Waals surface area contributed by atoms with E-state index in [2.05, 4.69) is 62.4 Å². The Labute approximate surface area is 196 Å². The van der Waals surface area contributed by atoms with Crippen molar-refractivity contribution in [3.8, 4) is 34.1 Å². The number of anilines is 1. The molecule has 5 aromatic rings. The smallest absolute Gasteiger partial charge is 0.161 e. The van der Waals surface area contributed by atoms with E-state index in [1.807, 2.05) is 18.2 Å². The van der Waals surface area contributed by atoms with E-state index in [4.69, 9.17) is 9.72 Å². The molecule has 1 aliphatic rings. The third-order valence-electron chi connectivity index (χ3n) is 6.64. The van der Waals surface area contributed by atoms with Crippen LogP contribution in [0, 0.1) is 0 Å². The Morgan fingerprint density at radius 3 is 2.56 bits per heavy atom. The lowest BCUT2D eigenvalue weighted by Crippen LogP contribution is -2.44. The number of aromatic nitrogens is 4. The number of benzene rings is 3. The number of aromatic amines is 2. The first-order chi connectivity index (χ1) is 16.6. The maximum absolute atomic E-state index is 9.90. The van der Waals surface area contributed by atoms with E-state index in [0.717, 1.165) is 76.4 Å². The van der Waals surface area contributed by atoms with Crippen molar-refractivity contribution in [3.05, 3.63) is 54.6 Å². The fourth-order valence-corrected chi connectivity index (χ4v) is 4.67. The summed E-state index contributed by atoms with van der Waals surface area (Å²) >= 11 is 0. The molecule has 172 valence electrons. The zero-order valence-electron chi connectivity index (χ0n) is 19.2. The molecule has 0 saturated carbocycles. The predicted octanol–water partition coefficient (Wildman–Crippen LogP) is 4.24. The Balaban J connectivity index is 1.38. The van der Waals surface area contributed by atoms with Crippen molar-refractivity contribution in [2.45, 2.75) is 0 Å². The van der Waals surface area contributed by atoms with Crippen molar-refractivity contribution in [1.82, 2.24) is 25.1 Å². The maximum Gasteiger partial charge on any atom is 0.161 e. The predicted molar refractivity (Wildman–Crippen MR) is 135 cm³/mol. The van der Waals surface area contributed by atoms with Gasteiger partial charge < -0.3 is 24.6 Å². The molecule has 1 saturated heterocycles. The summed E-state index contributed by atoms with van der Waals surface area (Å²) in [6.45, 7) is 4.09. The van der Waals surface area contributed by atoms with Gasteiger partial charge in [-0.3, -0.25) is 5.10 Å². The normalized spacial score (nSPS) is 14.8. The van der Waals surface area contributed by atoms with Gasteiger partial charge in [0.2, 0.25) is 0 Å². The number of hydrogen-bond donors (Lipinski definition) is 3. The number of fused-ring (bicyclic) bond motifs is 2. The number of methoxy groups -OCH3 is 1. The summed E-state index contributed by atoms with van der Waals surface area (Å²) in [5, 5.41) is 18.6. The Hall–Kier alpha value is -4.04. The molecule has 0 unspecified atom stereocenters. The van der Waals surface area contributed by atoms with E-state index >= 15 is 0 Å². The minimum absolute atomic E-state index is 0.122. The molecule has 0 amide bonds. The lowest BCUT2D eigenvalue weighted by molar-refractivity contribution is 0.313. The van der Waals surface area contributed by atoms with Crippen LogP contribution in [0.1, 0.15) is 0 Å². The highest BCUT2D eigenvalue weighted by atomic mass is 16.5. The van der Waals surface area contributed by atoms with Crippen LogP contribution in [-0.4, -0.2) is 70.5 Å². The number of ether oxygens (including phenoxy) is 1. The van der Waals surface area contributed by atoms with Gasteiger partial charge in [0.25, 0.3) is 0 Å². The van der Waals surface area contributed by atoms with Crippen LogP contribution in [0.15, 0.2) is 54.6 Å². The second kappa shape index (κ2) is 8.07. The quantitative estimate of drug-likeness (QED) is 0.376. The van der Waals surface area contributed by atoms with Crippen molar-refractivity contribution in [1.29, 1.82) is 0 Å². The van der Waals surface area contributed by atoms with Crippen LogP contribution in [0.25, 0.3) is 44.6 Å². The molecule has 0 atom stereocenters. The second-order valence-corrected chi connectivity index (χ2v) is 8.77. The Morgan fingerprint density at radius 1 is 0.941 bits per heavy atom. The summed E-state index contributed by atoms with van der Waals surface area (Å²) in [5.74, 6) is 1.32. The fraction of sp³-hybridized carbons (Fsp3) is 0.231. The van der Waals surface area contributed by atoms with Crippen molar-refractivity contribution in [2.24, 2.45) is 0 Å². The average Bonchev–Trinajstić information content (AvgIpc) is 3.48. The summed E-state index contributed by atoms with van der Waals surface area (Å²) in [6.07, 6.45) is 0. The number of phenolic OH excluding ortho intramolecular Hbond substituents is 1. The van der Waals surface area contributed by atoms with Gasteiger partial charge in [0, 0.05) is 31.6 Å². The van der Waals surface area contributed by atoms with Gasteiger partial charge in [0.1, 0.15) is 11.2 Å². The first-order valence-corrected chi connectivity index (χ1v) is 11.4. The molecule has 6 rings (SSSR count). The molecule has 0 aliphatic carbocycles. The Bertz CT molecular complexity index is 1500. The zero-order chi connectivity index (χ0) is 23.2. The first kappa shape index (κ1) is 20.6. The summed E-state index contributed by atoms with van der Waals surface area (Å²) in [4.78, 5) is 13.2. The number of nitrogens with zero attached hydrogens (tertiary/aromatic N) is 4. The van der Waals surface area contributed by atoms with E-state index in [0.29, 0.717) is 5.75 Å². The number of imidazole rings is 1. The molecule has 2 aromatic heterocycles. The molecule has 34 heavy (non-hydrogen) atoms. The molecule has 3 N–H and O–H groups in total. The van der Waals surface area contributed by atoms with Gasteiger partial charge in [-0.15, -0.1) is 0 Å². The zero-order valence-corrected chi connectivity index (χ0v) is 19.2. The number of aromatic hydroxyl groups is 1. The lowest BCUT2D eigenvalue weighted by atomic mass is 10.0. The molecule has 3 heterocycles. The molecular weight excluding hydrogens is 428 g/mol. The van der Waals surface area contributed by atoms with Gasteiger partial charge >= 0.3 is 0 Å². The second-order valence-electron chi connectivity index (χ2n) is 8.77. The van der Waals surface area contributed by atoms with Crippen LogP contribution in [0.2, 0.25) is 0 Å². The van der Waals surface area contributed by atoms with E-state index in [1.54, 1.807) is 13.2 Å². The van der Waals surface area contributed by atoms with Crippen LogP contribution in [-0.2, 0) is 0 Å². The van der Waals surface area contributed by atoms with Crippen LogP contribution in [0.3, 0.4) is 0 Å². The average molecular weight is 455 g/mol. The van der Waals surface area contributed by atoms with E-state index in [1.165, 1.54) is 0 Å². The minimum Gasteiger partial charge on any atom is -0.504 e. The number of H-pyrrole nitrogens is 2. The minimum atomic E-state index is 0.122.